The number of carboxylic acid groups (broad SMARTS) is 1. The molecule has 1 heterocycles. The number of alkyl halides is 1. The molecule has 1 aliphatic rings. The van der Waals surface area contributed by atoms with Gasteiger partial charge in [0.25, 0.3) is 0 Å². The van der Waals surface area contributed by atoms with Crippen LogP contribution >= 0.6 is 31.9 Å². The Kier molecular flexibility index (Phi) is 3.20. The van der Waals surface area contributed by atoms with Gasteiger partial charge in [-0.2, -0.15) is 0 Å². The Bertz CT molecular complexity index is 292. The normalized spacial score (nSPS) is 28.7. The Labute approximate surface area is 91.4 Å². The zero-order valence-electron chi connectivity index (χ0n) is 6.44. The third kappa shape index (κ3) is 2.85. The number of carbonyl (C=O) groups is 1. The van der Waals surface area contributed by atoms with Crippen molar-refractivity contribution in [2.45, 2.75) is 16.9 Å². The number of rotatable bonds is 3. The summed E-state index contributed by atoms with van der Waals surface area (Å²) in [6.07, 6.45) is 1.68. The summed E-state index contributed by atoms with van der Waals surface area (Å²) in [5, 5.41) is 8.57. The number of hydrogen-bond donors (Lipinski definition) is 2. The number of aliphatic carboxylic acids is 1. The van der Waals surface area contributed by atoms with Crippen LogP contribution in [0.25, 0.3) is 0 Å². The van der Waals surface area contributed by atoms with Gasteiger partial charge in [-0.25, -0.2) is 9.98 Å². The van der Waals surface area contributed by atoms with Gasteiger partial charge in [-0.1, -0.05) is 15.9 Å². The maximum Gasteiger partial charge on any atom is 0.320 e. The zero-order valence-corrected chi connectivity index (χ0v) is 9.62. The van der Waals surface area contributed by atoms with E-state index in [-0.39, 0.29) is 6.42 Å². The van der Waals surface area contributed by atoms with Crippen molar-refractivity contribution in [2.75, 3.05) is 0 Å². The molecule has 0 aromatic carbocycles. The minimum atomic E-state index is -1.05. The van der Waals surface area contributed by atoms with Crippen molar-refractivity contribution >= 4 is 48.8 Å². The van der Waals surface area contributed by atoms with Gasteiger partial charge in [-0.05, 0) is 15.9 Å². The van der Waals surface area contributed by atoms with Crippen molar-refractivity contribution < 1.29 is 9.90 Å². The monoisotopic (exact) mass is 311 g/mol. The molecule has 0 saturated heterocycles. The van der Waals surface area contributed by atoms with Crippen molar-refractivity contribution in [3.63, 3.8) is 0 Å². The minimum absolute atomic E-state index is 0.168. The zero-order chi connectivity index (χ0) is 10.1. The van der Waals surface area contributed by atoms with Crippen LogP contribution in [-0.4, -0.2) is 32.5 Å². The largest absolute Gasteiger partial charge is 0.480 e. The smallest absolute Gasteiger partial charge is 0.320 e. The Morgan fingerprint density at radius 2 is 2.46 bits per heavy atom. The minimum Gasteiger partial charge on any atom is -0.480 e. The SMILES string of the molecule is N[C@@H](CC1(Br)C=NC(Br)=N1)C(=O)O. The molecule has 5 nitrogen and oxygen atoms in total. The van der Waals surface area contributed by atoms with Crippen LogP contribution in [0.1, 0.15) is 6.42 Å². The fourth-order valence-corrected chi connectivity index (χ4v) is 2.13. The van der Waals surface area contributed by atoms with Crippen LogP contribution in [0.2, 0.25) is 0 Å². The fourth-order valence-electron chi connectivity index (χ4n) is 0.857. The lowest BCUT2D eigenvalue weighted by Crippen LogP contribution is -2.37. The summed E-state index contributed by atoms with van der Waals surface area (Å²) in [6.45, 7) is 0. The van der Waals surface area contributed by atoms with E-state index in [0.717, 1.165) is 0 Å². The van der Waals surface area contributed by atoms with Crippen molar-refractivity contribution in [3.8, 4) is 0 Å². The van der Waals surface area contributed by atoms with E-state index in [1.54, 1.807) is 0 Å². The number of amidine groups is 1. The van der Waals surface area contributed by atoms with Gasteiger partial charge in [0, 0.05) is 12.6 Å². The molecule has 0 amide bonds. The Hall–Kier alpha value is -0.270. The van der Waals surface area contributed by atoms with E-state index < -0.39 is 16.5 Å². The predicted octanol–water partition coefficient (Wildman–Crippen LogP) is 0.715. The molecule has 3 N–H and O–H groups in total. The van der Waals surface area contributed by atoms with Crippen molar-refractivity contribution in [1.29, 1.82) is 0 Å². The van der Waals surface area contributed by atoms with Crippen LogP contribution in [0.4, 0.5) is 0 Å². The Balaban J connectivity index is 2.65. The topological polar surface area (TPSA) is 88.0 Å². The van der Waals surface area contributed by atoms with Gasteiger partial charge >= 0.3 is 5.97 Å². The van der Waals surface area contributed by atoms with Gasteiger partial charge < -0.3 is 10.8 Å². The molecule has 1 unspecified atom stereocenters. The van der Waals surface area contributed by atoms with Crippen LogP contribution in [-0.2, 0) is 4.79 Å². The number of hydrogen-bond acceptors (Lipinski definition) is 4. The van der Waals surface area contributed by atoms with Crippen LogP contribution in [0.3, 0.4) is 0 Å². The summed E-state index contributed by atoms with van der Waals surface area (Å²) in [6, 6.07) is -0.951. The summed E-state index contributed by atoms with van der Waals surface area (Å²) >= 11 is 6.32. The molecule has 1 aliphatic heterocycles. The molecule has 72 valence electrons. The molecule has 0 spiro atoms. The summed E-state index contributed by atoms with van der Waals surface area (Å²) < 4.78 is -0.342. The number of nitrogens with zero attached hydrogens (tertiary/aromatic N) is 2. The maximum absolute atomic E-state index is 10.5. The first-order valence-electron chi connectivity index (χ1n) is 3.41. The average molecular weight is 313 g/mol. The molecule has 1 rings (SSSR count). The fraction of sp³-hybridized carbons (Fsp3) is 0.500. The average Bonchev–Trinajstić information content (AvgIpc) is 2.30. The first-order valence-corrected chi connectivity index (χ1v) is 4.99. The quantitative estimate of drug-likeness (QED) is 0.594. The number of aliphatic imine (C=N–C) groups is 2. The van der Waals surface area contributed by atoms with Crippen LogP contribution in [0, 0.1) is 0 Å². The lowest BCUT2D eigenvalue weighted by molar-refractivity contribution is -0.138. The van der Waals surface area contributed by atoms with Crippen LogP contribution < -0.4 is 5.73 Å². The molecule has 0 aromatic rings. The van der Waals surface area contributed by atoms with Crippen LogP contribution in [0.5, 0.6) is 0 Å². The second-order valence-electron chi connectivity index (χ2n) is 2.61. The number of halogens is 2. The van der Waals surface area contributed by atoms with Gasteiger partial charge in [0.05, 0.1) is 0 Å². The lowest BCUT2D eigenvalue weighted by atomic mass is 10.1. The van der Waals surface area contributed by atoms with Crippen molar-refractivity contribution in [2.24, 2.45) is 15.7 Å². The van der Waals surface area contributed by atoms with E-state index in [1.165, 1.54) is 6.21 Å². The molecular formula is C6H7Br2N3O2. The molecule has 0 fully saturated rings. The molecule has 13 heavy (non-hydrogen) atoms. The molecule has 0 aromatic heterocycles. The highest BCUT2D eigenvalue weighted by atomic mass is 79.9. The molecule has 0 radical (unpaired) electrons. The van der Waals surface area contributed by atoms with Gasteiger partial charge in [0.2, 0.25) is 0 Å². The highest BCUT2D eigenvalue weighted by Crippen LogP contribution is 2.28. The summed E-state index contributed by atoms with van der Waals surface area (Å²) in [7, 11) is 0. The summed E-state index contributed by atoms with van der Waals surface area (Å²) in [4.78, 5) is 18.3. The highest BCUT2D eigenvalue weighted by molar-refractivity contribution is 9.18. The first kappa shape index (κ1) is 10.8. The summed E-state index contributed by atoms with van der Waals surface area (Å²) in [5.41, 5.74) is 5.35. The predicted molar refractivity (Wildman–Crippen MR) is 56.7 cm³/mol. The standard InChI is InChI=1S/C6H7Br2N3O2/c7-5-10-2-6(8,11-5)1-3(9)4(12)13/h2-3H,1,9H2,(H,12,13)/t3-,6?/m0/s1. The van der Waals surface area contributed by atoms with Crippen molar-refractivity contribution in [1.82, 2.24) is 0 Å². The molecular weight excluding hydrogens is 306 g/mol. The van der Waals surface area contributed by atoms with Crippen molar-refractivity contribution in [3.05, 3.63) is 0 Å². The molecule has 0 saturated carbocycles. The van der Waals surface area contributed by atoms with E-state index in [4.69, 9.17) is 10.8 Å². The van der Waals surface area contributed by atoms with Gasteiger partial charge in [-0.3, -0.25) is 4.79 Å². The van der Waals surface area contributed by atoms with Crippen LogP contribution in [0.15, 0.2) is 9.98 Å². The molecule has 0 bridgehead atoms. The third-order valence-electron chi connectivity index (χ3n) is 1.47. The van der Waals surface area contributed by atoms with E-state index in [0.29, 0.717) is 4.74 Å². The number of nitrogens with two attached hydrogens (primary N) is 1. The molecule has 2 atom stereocenters. The van der Waals surface area contributed by atoms with E-state index in [1.807, 2.05) is 0 Å². The molecule has 0 aliphatic carbocycles. The van der Waals surface area contributed by atoms with Gasteiger partial charge in [0.1, 0.15) is 6.04 Å². The third-order valence-corrected chi connectivity index (χ3v) is 2.56. The Morgan fingerprint density at radius 3 is 2.85 bits per heavy atom. The highest BCUT2D eigenvalue weighted by Gasteiger charge is 2.32. The lowest BCUT2D eigenvalue weighted by Gasteiger charge is -2.16. The molecule has 7 heteroatoms. The Morgan fingerprint density at radius 1 is 1.85 bits per heavy atom. The first-order chi connectivity index (χ1) is 5.93. The maximum atomic E-state index is 10.5. The van der Waals surface area contributed by atoms with E-state index in [9.17, 15) is 4.79 Å². The second-order valence-corrected chi connectivity index (χ2v) is 4.69. The summed E-state index contributed by atoms with van der Waals surface area (Å²) in [5.74, 6) is -1.05. The van der Waals surface area contributed by atoms with E-state index >= 15 is 0 Å². The number of carboxylic acids is 1. The second kappa shape index (κ2) is 3.85. The van der Waals surface area contributed by atoms with Gasteiger partial charge in [0.15, 0.2) is 9.19 Å². The van der Waals surface area contributed by atoms with Gasteiger partial charge in [-0.15, -0.1) is 0 Å². The van der Waals surface area contributed by atoms with E-state index in [2.05, 4.69) is 41.8 Å².